The van der Waals surface area contributed by atoms with Gasteiger partial charge in [0.1, 0.15) is 36.6 Å². The highest BCUT2D eigenvalue weighted by Crippen LogP contribution is 2.25. The molecule has 1 amide bonds. The quantitative estimate of drug-likeness (QED) is 0.0272. The normalized spacial score (nSPS) is 18.5. The van der Waals surface area contributed by atoms with E-state index in [-0.39, 0.29) is 6.42 Å². The highest BCUT2D eigenvalue weighted by atomic mass is 16.7. The Morgan fingerprint density at radius 2 is 0.591 bits per heavy atom. The molecule has 1 aliphatic heterocycles. The summed E-state index contributed by atoms with van der Waals surface area (Å²) >= 11 is 0. The predicted molar refractivity (Wildman–Crippen MR) is 372 cm³/mol. The maximum Gasteiger partial charge on any atom is 0.249 e. The molecular weight excluding hydrogens is 1100 g/mol. The van der Waals surface area contributed by atoms with Crippen LogP contribution in [0.2, 0.25) is 0 Å². The largest absolute Gasteiger partial charge is 0.394 e. The van der Waals surface area contributed by atoms with E-state index >= 15 is 0 Å². The van der Waals surface area contributed by atoms with Gasteiger partial charge in [0.15, 0.2) is 6.29 Å². The van der Waals surface area contributed by atoms with Gasteiger partial charge in [0.05, 0.1) is 25.4 Å². The van der Waals surface area contributed by atoms with Crippen LogP contribution in [0.25, 0.3) is 0 Å². The van der Waals surface area contributed by atoms with Gasteiger partial charge in [-0.05, 0) is 12.8 Å². The molecule has 0 saturated carbocycles. The number of hydrogen-bond acceptors (Lipinski definition) is 10. The number of hydrogen-bond donors (Lipinski definition) is 8. The summed E-state index contributed by atoms with van der Waals surface area (Å²) in [5.74, 6) is -0.685. The van der Waals surface area contributed by atoms with Crippen LogP contribution in [0.3, 0.4) is 0 Å². The molecule has 0 radical (unpaired) electrons. The van der Waals surface area contributed by atoms with Crippen molar-refractivity contribution >= 4 is 5.91 Å². The molecule has 88 heavy (non-hydrogen) atoms. The van der Waals surface area contributed by atoms with Gasteiger partial charge < -0.3 is 50.5 Å². The first kappa shape index (κ1) is 85.1. The molecule has 11 nitrogen and oxygen atoms in total. The molecule has 1 saturated heterocycles. The van der Waals surface area contributed by atoms with Crippen LogP contribution in [0.5, 0.6) is 0 Å². The molecule has 526 valence electrons. The summed E-state index contributed by atoms with van der Waals surface area (Å²) < 4.78 is 11.2. The Morgan fingerprint density at radius 1 is 0.352 bits per heavy atom. The zero-order valence-electron chi connectivity index (χ0n) is 58.5. The zero-order chi connectivity index (χ0) is 63.9. The molecule has 11 heteroatoms. The van der Waals surface area contributed by atoms with Gasteiger partial charge in [0.2, 0.25) is 5.91 Å². The van der Waals surface area contributed by atoms with Gasteiger partial charge in [-0.25, -0.2) is 0 Å². The highest BCUT2D eigenvalue weighted by Gasteiger charge is 2.44. The van der Waals surface area contributed by atoms with Crippen molar-refractivity contribution in [3.05, 3.63) is 0 Å². The fraction of sp³-hybridized carbons (Fsp3) is 0.987. The van der Waals surface area contributed by atoms with Crippen LogP contribution < -0.4 is 5.32 Å². The fourth-order valence-corrected chi connectivity index (χ4v) is 13.4. The molecule has 1 aliphatic rings. The minimum Gasteiger partial charge on any atom is -0.394 e. The highest BCUT2D eigenvalue weighted by molar-refractivity contribution is 5.80. The van der Waals surface area contributed by atoms with E-state index < -0.39 is 74.2 Å². The van der Waals surface area contributed by atoms with Crippen LogP contribution in [-0.2, 0) is 14.3 Å². The van der Waals surface area contributed by atoms with E-state index in [2.05, 4.69) is 19.2 Å². The van der Waals surface area contributed by atoms with E-state index in [1.807, 2.05) is 0 Å². The van der Waals surface area contributed by atoms with Crippen molar-refractivity contribution in [3.8, 4) is 0 Å². The number of ether oxygens (including phenoxy) is 2. The summed E-state index contributed by atoms with van der Waals surface area (Å²) in [5.41, 5.74) is 0. The molecule has 0 spiro atoms. The molecule has 0 bridgehead atoms. The third-order valence-electron chi connectivity index (χ3n) is 19.7. The van der Waals surface area contributed by atoms with E-state index in [4.69, 9.17) is 9.47 Å². The first-order valence-corrected chi connectivity index (χ1v) is 39.4. The smallest absolute Gasteiger partial charge is 0.249 e. The molecule has 8 N–H and O–H groups in total. The minimum absolute atomic E-state index is 0.268. The first-order chi connectivity index (χ1) is 43.2. The maximum absolute atomic E-state index is 13.3. The summed E-state index contributed by atoms with van der Waals surface area (Å²) in [6, 6.07) is -1.17. The van der Waals surface area contributed by atoms with Crippen LogP contribution in [0.15, 0.2) is 0 Å². The minimum atomic E-state index is -1.66. The van der Waals surface area contributed by atoms with Crippen molar-refractivity contribution in [2.24, 2.45) is 0 Å². The number of nitrogens with one attached hydrogen (secondary N) is 1. The molecule has 0 aromatic heterocycles. The fourth-order valence-electron chi connectivity index (χ4n) is 13.4. The topological polar surface area (TPSA) is 189 Å². The average Bonchev–Trinajstić information content (AvgIpc) is 3.73. The molecule has 0 aromatic carbocycles. The van der Waals surface area contributed by atoms with Crippen molar-refractivity contribution < 1.29 is 50.0 Å². The zero-order valence-corrected chi connectivity index (χ0v) is 58.5. The van der Waals surface area contributed by atoms with Gasteiger partial charge in [-0.1, -0.05) is 406 Å². The molecule has 0 aliphatic carbocycles. The number of aliphatic hydroxyl groups excluding tert-OH is 7. The molecule has 9 atom stereocenters. The molecule has 9 unspecified atom stereocenters. The van der Waals surface area contributed by atoms with E-state index in [1.165, 1.54) is 340 Å². The second-order valence-electron chi connectivity index (χ2n) is 28.2. The van der Waals surface area contributed by atoms with Gasteiger partial charge in [0.25, 0.3) is 0 Å². The lowest BCUT2D eigenvalue weighted by molar-refractivity contribution is -0.303. The summed E-state index contributed by atoms with van der Waals surface area (Å²) in [4.78, 5) is 13.3. The van der Waals surface area contributed by atoms with Gasteiger partial charge in [-0.15, -0.1) is 0 Å². The third kappa shape index (κ3) is 52.5. The number of amides is 1. The van der Waals surface area contributed by atoms with Crippen molar-refractivity contribution in [3.63, 3.8) is 0 Å². The van der Waals surface area contributed by atoms with E-state index in [0.717, 1.165) is 38.5 Å². The van der Waals surface area contributed by atoms with Crippen molar-refractivity contribution in [1.82, 2.24) is 5.32 Å². The lowest BCUT2D eigenvalue weighted by Gasteiger charge is -2.40. The summed E-state index contributed by atoms with van der Waals surface area (Å²) in [7, 11) is 0. The Labute approximate surface area is 545 Å². The van der Waals surface area contributed by atoms with Crippen molar-refractivity contribution in [2.45, 2.75) is 473 Å². The van der Waals surface area contributed by atoms with Crippen molar-refractivity contribution in [1.29, 1.82) is 0 Å². The second-order valence-corrected chi connectivity index (χ2v) is 28.2. The Bertz CT molecular complexity index is 1390. The van der Waals surface area contributed by atoms with Crippen LogP contribution in [0.4, 0.5) is 0 Å². The van der Waals surface area contributed by atoms with Gasteiger partial charge in [-0.2, -0.15) is 0 Å². The van der Waals surface area contributed by atoms with Crippen LogP contribution in [-0.4, -0.2) is 110 Å². The lowest BCUT2D eigenvalue weighted by Crippen LogP contribution is -2.60. The maximum atomic E-state index is 13.3. The van der Waals surface area contributed by atoms with E-state index in [9.17, 15) is 40.5 Å². The van der Waals surface area contributed by atoms with Gasteiger partial charge in [-0.3, -0.25) is 4.79 Å². The Morgan fingerprint density at radius 3 is 0.841 bits per heavy atom. The van der Waals surface area contributed by atoms with Crippen LogP contribution >= 0.6 is 0 Å². The Hall–Kier alpha value is -0.890. The standard InChI is InChI=1S/C77H153NO10/c1-3-5-7-9-11-13-15-17-19-21-23-25-27-29-31-33-35-37-38-40-42-44-46-48-50-52-54-56-58-60-62-64-69(80)72(82)68(67-87-77-75(85)74(84)73(83)71(66-79)88-77)78-76(86)70(81)65-63-61-59-57-55-53-51-49-47-45-43-41-39-36-34-32-30-28-26-24-22-20-18-16-14-12-10-8-6-4-2/h68-75,77,79-85H,3-67H2,1-2H3,(H,78,86). The van der Waals surface area contributed by atoms with Crippen LogP contribution in [0.1, 0.15) is 418 Å². The molecule has 1 rings (SSSR count). The Kier molecular flexibility index (Phi) is 64.0. The number of unbranched alkanes of at least 4 members (excludes halogenated alkanes) is 59. The summed E-state index contributed by atoms with van der Waals surface area (Å²) in [6.45, 7) is 3.54. The third-order valence-corrected chi connectivity index (χ3v) is 19.7. The summed E-state index contributed by atoms with van der Waals surface area (Å²) in [6.07, 6.45) is 70.7. The first-order valence-electron chi connectivity index (χ1n) is 39.4. The SMILES string of the molecule is CCCCCCCCCCCCCCCCCCCCCCCCCCCCCCCCCC(O)C(O)C(COC1OC(CO)C(O)C(O)C1O)NC(=O)C(O)CCCCCCCCCCCCCCCCCCCCCCCCCCCCCCCC. The lowest BCUT2D eigenvalue weighted by atomic mass is 9.98. The van der Waals surface area contributed by atoms with E-state index in [1.54, 1.807) is 0 Å². The van der Waals surface area contributed by atoms with Gasteiger partial charge >= 0.3 is 0 Å². The van der Waals surface area contributed by atoms with Crippen LogP contribution in [0, 0.1) is 0 Å². The molecular formula is C77H153NO10. The number of carbonyl (C=O) groups excluding carboxylic acids is 1. The Balaban J connectivity index is 2.13. The summed E-state index contributed by atoms with van der Waals surface area (Å²) in [5, 5.41) is 76.7. The molecule has 0 aromatic rings. The van der Waals surface area contributed by atoms with E-state index in [0.29, 0.717) is 19.3 Å². The number of carbonyl (C=O) groups is 1. The molecule has 1 fully saturated rings. The monoisotopic (exact) mass is 1250 g/mol. The second kappa shape index (κ2) is 66.1. The van der Waals surface area contributed by atoms with Crippen molar-refractivity contribution in [2.75, 3.05) is 13.2 Å². The number of rotatable bonds is 71. The number of aliphatic hydroxyl groups is 7. The van der Waals surface area contributed by atoms with Gasteiger partial charge in [0, 0.05) is 0 Å². The molecule has 1 heterocycles. The predicted octanol–water partition coefficient (Wildman–Crippen LogP) is 20.0. The average molecular weight is 1250 g/mol.